The molecule has 51 heavy (non-hydrogen) atoms. The predicted molar refractivity (Wildman–Crippen MR) is 212 cm³/mol. The molecule has 0 fully saturated rings. The van der Waals surface area contributed by atoms with Gasteiger partial charge in [0.2, 0.25) is 6.71 Å². The summed E-state index contributed by atoms with van der Waals surface area (Å²) in [6, 6.07) is 54.7. The van der Waals surface area contributed by atoms with Gasteiger partial charge in [-0.1, -0.05) is 102 Å². The second-order valence-corrected chi connectivity index (χ2v) is 14.1. The summed E-state index contributed by atoms with van der Waals surface area (Å²) in [4.78, 5) is 19.5. The Morgan fingerprint density at radius 3 is 1.98 bits per heavy atom. The Bertz CT molecular complexity index is 2660. The van der Waals surface area contributed by atoms with Crippen molar-refractivity contribution in [3.05, 3.63) is 170 Å². The summed E-state index contributed by atoms with van der Waals surface area (Å²) in [5.74, 6) is 0. The van der Waals surface area contributed by atoms with Gasteiger partial charge in [0.25, 0.3) is 0 Å². The molecule has 0 saturated heterocycles. The van der Waals surface area contributed by atoms with E-state index in [-0.39, 0.29) is 6.71 Å². The van der Waals surface area contributed by atoms with E-state index in [1.807, 2.05) is 42.5 Å². The quantitative estimate of drug-likeness (QED) is 0.175. The van der Waals surface area contributed by atoms with Gasteiger partial charge in [-0.05, 0) is 77.7 Å². The van der Waals surface area contributed by atoms with Crippen LogP contribution < -0.4 is 31.1 Å². The van der Waals surface area contributed by atoms with Gasteiger partial charge in [-0.2, -0.15) is 0 Å². The Hall–Kier alpha value is -6.31. The molecule has 0 unspecified atom stereocenters. The van der Waals surface area contributed by atoms with Gasteiger partial charge in [-0.25, -0.2) is 0 Å². The molecular formula is C44H28BN5S. The molecular weight excluding hydrogens is 641 g/mol. The lowest BCUT2D eigenvalue weighted by molar-refractivity contribution is 1.14. The molecule has 0 radical (unpaired) electrons. The molecule has 0 N–H and O–H groups in total. The lowest BCUT2D eigenvalue weighted by atomic mass is 9.34. The molecule has 5 heterocycles. The molecule has 2 aromatic heterocycles. The Kier molecular flexibility index (Phi) is 6.21. The zero-order valence-electron chi connectivity index (χ0n) is 27.4. The van der Waals surface area contributed by atoms with Gasteiger partial charge in [0.05, 0.1) is 51.5 Å². The van der Waals surface area contributed by atoms with Crippen LogP contribution in [0.4, 0.5) is 51.2 Å². The summed E-state index contributed by atoms with van der Waals surface area (Å²) in [5.41, 5.74) is 14.8. The highest BCUT2D eigenvalue weighted by atomic mass is 32.2. The minimum absolute atomic E-state index is 0.0596. The van der Waals surface area contributed by atoms with E-state index in [1.165, 1.54) is 26.2 Å². The van der Waals surface area contributed by atoms with Crippen LogP contribution in [0.1, 0.15) is 0 Å². The van der Waals surface area contributed by atoms with Crippen LogP contribution in [0.15, 0.2) is 180 Å². The zero-order valence-corrected chi connectivity index (χ0v) is 28.2. The summed E-state index contributed by atoms with van der Waals surface area (Å²) in [6.45, 7) is 0.0596. The van der Waals surface area contributed by atoms with Crippen molar-refractivity contribution in [3.8, 4) is 0 Å². The SMILES string of the molecule is c1ccc(N2c3ccccc3N(c3cccc4cccnc34)c3cc4c5c(c32)N(c2cccnc2)c2ccccc2B5c2ccccc2S4)cc1. The number of anilines is 9. The number of benzene rings is 6. The van der Waals surface area contributed by atoms with Gasteiger partial charge in [-0.15, -0.1) is 0 Å². The molecule has 3 aliphatic rings. The molecule has 0 aliphatic carbocycles. The number of nitrogens with zero attached hydrogens (tertiary/aromatic N) is 5. The van der Waals surface area contributed by atoms with Gasteiger partial charge in [0, 0.05) is 38.9 Å². The maximum Gasteiger partial charge on any atom is 0.249 e. The van der Waals surface area contributed by atoms with Crippen molar-refractivity contribution < 1.29 is 0 Å². The maximum absolute atomic E-state index is 4.98. The van der Waals surface area contributed by atoms with Crippen molar-refractivity contribution in [3.63, 3.8) is 0 Å². The van der Waals surface area contributed by atoms with Crippen LogP contribution in [0.2, 0.25) is 0 Å². The van der Waals surface area contributed by atoms with E-state index in [1.54, 1.807) is 0 Å². The Morgan fingerprint density at radius 2 is 1.14 bits per heavy atom. The maximum atomic E-state index is 4.98. The molecule has 0 amide bonds. The molecule has 5 nitrogen and oxygen atoms in total. The molecule has 0 atom stereocenters. The first-order valence-electron chi connectivity index (χ1n) is 17.2. The molecule has 0 bridgehead atoms. The molecule has 0 spiro atoms. The summed E-state index contributed by atoms with van der Waals surface area (Å²) in [6.07, 6.45) is 5.74. The molecule has 0 saturated carbocycles. The predicted octanol–water partition coefficient (Wildman–Crippen LogP) is 9.65. The van der Waals surface area contributed by atoms with E-state index in [9.17, 15) is 0 Å². The summed E-state index contributed by atoms with van der Waals surface area (Å²) >= 11 is 1.87. The van der Waals surface area contributed by atoms with E-state index in [0.717, 1.165) is 62.1 Å². The van der Waals surface area contributed by atoms with Crippen LogP contribution in [0.5, 0.6) is 0 Å². The molecule has 7 heteroatoms. The first kappa shape index (κ1) is 28.5. The third kappa shape index (κ3) is 4.13. The van der Waals surface area contributed by atoms with Crippen LogP contribution in [-0.2, 0) is 0 Å². The molecule has 11 rings (SSSR count). The lowest BCUT2D eigenvalue weighted by Crippen LogP contribution is -2.60. The second kappa shape index (κ2) is 11.1. The van der Waals surface area contributed by atoms with Gasteiger partial charge in [-0.3, -0.25) is 9.97 Å². The average molecular weight is 670 g/mol. The normalized spacial score (nSPS) is 13.6. The highest BCUT2D eigenvalue weighted by molar-refractivity contribution is 8.00. The van der Waals surface area contributed by atoms with Crippen LogP contribution >= 0.6 is 11.8 Å². The van der Waals surface area contributed by atoms with Crippen molar-refractivity contribution in [2.45, 2.75) is 9.79 Å². The minimum Gasteiger partial charge on any atom is -0.308 e. The van der Waals surface area contributed by atoms with Crippen LogP contribution in [0, 0.1) is 0 Å². The highest BCUT2D eigenvalue weighted by Gasteiger charge is 2.46. The summed E-state index contributed by atoms with van der Waals surface area (Å²) < 4.78 is 0. The Morgan fingerprint density at radius 1 is 0.471 bits per heavy atom. The number of hydrogen-bond donors (Lipinski definition) is 0. The van der Waals surface area contributed by atoms with E-state index >= 15 is 0 Å². The van der Waals surface area contributed by atoms with Crippen molar-refractivity contribution in [1.82, 2.24) is 9.97 Å². The topological polar surface area (TPSA) is 35.5 Å². The monoisotopic (exact) mass is 669 g/mol. The number of pyridine rings is 2. The van der Waals surface area contributed by atoms with E-state index in [2.05, 4.69) is 159 Å². The second-order valence-electron chi connectivity index (χ2n) is 13.0. The largest absolute Gasteiger partial charge is 0.308 e. The number of hydrogen-bond acceptors (Lipinski definition) is 6. The fourth-order valence-corrected chi connectivity index (χ4v) is 9.48. The van der Waals surface area contributed by atoms with Crippen molar-refractivity contribution in [2.75, 3.05) is 14.7 Å². The highest BCUT2D eigenvalue weighted by Crippen LogP contribution is 2.60. The Labute approximate surface area is 300 Å². The number of para-hydroxylation sites is 5. The third-order valence-electron chi connectivity index (χ3n) is 10.3. The molecule has 3 aliphatic heterocycles. The first-order valence-corrected chi connectivity index (χ1v) is 18.0. The fourth-order valence-electron chi connectivity index (χ4n) is 8.30. The van der Waals surface area contributed by atoms with Crippen LogP contribution in [-0.4, -0.2) is 16.7 Å². The Balaban J connectivity index is 1.33. The van der Waals surface area contributed by atoms with Gasteiger partial charge < -0.3 is 14.7 Å². The molecule has 238 valence electrons. The average Bonchev–Trinajstić information content (AvgIpc) is 3.20. The summed E-state index contributed by atoms with van der Waals surface area (Å²) in [5, 5.41) is 1.10. The minimum atomic E-state index is 0.0596. The van der Waals surface area contributed by atoms with Gasteiger partial charge in [0.15, 0.2) is 0 Å². The molecule has 6 aromatic carbocycles. The number of aromatic nitrogens is 2. The van der Waals surface area contributed by atoms with Crippen LogP contribution in [0.25, 0.3) is 10.9 Å². The van der Waals surface area contributed by atoms with Crippen LogP contribution in [0.3, 0.4) is 0 Å². The van der Waals surface area contributed by atoms with Gasteiger partial charge >= 0.3 is 0 Å². The number of fused-ring (bicyclic) bond motifs is 8. The first-order chi connectivity index (χ1) is 25.3. The fraction of sp³-hybridized carbons (Fsp3) is 0. The summed E-state index contributed by atoms with van der Waals surface area (Å²) in [7, 11) is 0. The third-order valence-corrected chi connectivity index (χ3v) is 11.5. The van der Waals surface area contributed by atoms with E-state index in [4.69, 9.17) is 4.98 Å². The lowest BCUT2D eigenvalue weighted by Gasteiger charge is -2.47. The van der Waals surface area contributed by atoms with E-state index in [0.29, 0.717) is 0 Å². The molecule has 8 aromatic rings. The standard InChI is InChI=1S/C44H28BN5S/c1-2-15-30(16-3-1)48-35-21-7-8-22-36(35)50(37-23-10-13-29-14-11-26-47-42(29)37)38-27-40-41-44(43(38)48)49(31-17-12-25-46-28-31)34-20-6-4-18-32(34)45(41)33-19-5-9-24-39(33)51-40/h1-28H. The van der Waals surface area contributed by atoms with Crippen molar-refractivity contribution in [1.29, 1.82) is 0 Å². The van der Waals surface area contributed by atoms with E-state index < -0.39 is 0 Å². The smallest absolute Gasteiger partial charge is 0.249 e. The number of rotatable bonds is 3. The van der Waals surface area contributed by atoms with Crippen molar-refractivity contribution in [2.24, 2.45) is 0 Å². The zero-order chi connectivity index (χ0) is 33.5. The van der Waals surface area contributed by atoms with Crippen molar-refractivity contribution >= 4 is 97.0 Å². The van der Waals surface area contributed by atoms with Gasteiger partial charge in [0.1, 0.15) is 0 Å².